The summed E-state index contributed by atoms with van der Waals surface area (Å²) in [6, 6.07) is 16.7. The van der Waals surface area contributed by atoms with Gasteiger partial charge < -0.3 is 0 Å². The van der Waals surface area contributed by atoms with Gasteiger partial charge >= 0.3 is 0 Å². The van der Waals surface area contributed by atoms with Crippen LogP contribution in [-0.2, 0) is 6.42 Å². The van der Waals surface area contributed by atoms with Gasteiger partial charge in [-0.1, -0.05) is 67.8 Å². The molecule has 0 bridgehead atoms. The van der Waals surface area contributed by atoms with Crippen LogP contribution < -0.4 is 0 Å². The standard InChI is InChI=1S/C17H19Cl/c1-2-3-5-8-15-11-12-16(18)13-17(15)14-9-6-4-7-10-14/h4,6-7,9-13H,2-3,5,8H2,1H3. The predicted octanol–water partition coefficient (Wildman–Crippen LogP) is 5.74. The molecule has 0 saturated carbocycles. The lowest BCUT2D eigenvalue weighted by atomic mass is 9.96. The van der Waals surface area contributed by atoms with Gasteiger partial charge in [-0.25, -0.2) is 0 Å². The molecule has 0 nitrogen and oxygen atoms in total. The van der Waals surface area contributed by atoms with E-state index in [1.807, 2.05) is 12.1 Å². The maximum Gasteiger partial charge on any atom is 0.0412 e. The van der Waals surface area contributed by atoms with Crippen LogP contribution >= 0.6 is 11.6 Å². The van der Waals surface area contributed by atoms with Gasteiger partial charge in [0.05, 0.1) is 0 Å². The van der Waals surface area contributed by atoms with Crippen molar-refractivity contribution in [3.05, 3.63) is 59.1 Å². The molecule has 0 atom stereocenters. The van der Waals surface area contributed by atoms with E-state index in [1.54, 1.807) is 0 Å². The average Bonchev–Trinajstić information content (AvgIpc) is 2.41. The monoisotopic (exact) mass is 258 g/mol. The van der Waals surface area contributed by atoms with Crippen LogP contribution in [-0.4, -0.2) is 0 Å². The molecule has 2 aromatic carbocycles. The van der Waals surface area contributed by atoms with Crippen molar-refractivity contribution < 1.29 is 0 Å². The Kier molecular flexibility index (Phi) is 4.83. The van der Waals surface area contributed by atoms with Gasteiger partial charge in [-0.2, -0.15) is 0 Å². The van der Waals surface area contributed by atoms with E-state index >= 15 is 0 Å². The summed E-state index contributed by atoms with van der Waals surface area (Å²) in [5.74, 6) is 0. The largest absolute Gasteiger partial charge is 0.0843 e. The highest BCUT2D eigenvalue weighted by Gasteiger charge is 2.05. The van der Waals surface area contributed by atoms with E-state index in [0.29, 0.717) is 0 Å². The van der Waals surface area contributed by atoms with Crippen LogP contribution in [0.1, 0.15) is 31.7 Å². The second kappa shape index (κ2) is 6.61. The number of hydrogen-bond donors (Lipinski definition) is 0. The molecule has 0 aliphatic carbocycles. The third kappa shape index (κ3) is 3.36. The molecule has 0 radical (unpaired) electrons. The van der Waals surface area contributed by atoms with Crippen LogP contribution in [0.5, 0.6) is 0 Å². The third-order valence-corrected chi connectivity index (χ3v) is 3.44. The minimum atomic E-state index is 0.813. The quantitative estimate of drug-likeness (QED) is 0.600. The Morgan fingerprint density at radius 3 is 2.44 bits per heavy atom. The third-order valence-electron chi connectivity index (χ3n) is 3.21. The molecule has 2 aromatic rings. The molecule has 0 N–H and O–H groups in total. The Morgan fingerprint density at radius 1 is 0.944 bits per heavy atom. The summed E-state index contributed by atoms with van der Waals surface area (Å²) in [5.41, 5.74) is 3.93. The number of halogens is 1. The fourth-order valence-electron chi connectivity index (χ4n) is 2.22. The molecule has 0 fully saturated rings. The van der Waals surface area contributed by atoms with Crippen LogP contribution in [0.15, 0.2) is 48.5 Å². The van der Waals surface area contributed by atoms with Gasteiger partial charge in [-0.3, -0.25) is 0 Å². The van der Waals surface area contributed by atoms with Crippen LogP contribution in [0.3, 0.4) is 0 Å². The van der Waals surface area contributed by atoms with Crippen LogP contribution in [0.4, 0.5) is 0 Å². The predicted molar refractivity (Wildman–Crippen MR) is 80.1 cm³/mol. The summed E-state index contributed by atoms with van der Waals surface area (Å²) >= 11 is 6.13. The van der Waals surface area contributed by atoms with Crippen molar-refractivity contribution in [1.82, 2.24) is 0 Å². The topological polar surface area (TPSA) is 0 Å². The molecular formula is C17H19Cl. The van der Waals surface area contributed by atoms with Crippen molar-refractivity contribution >= 4 is 11.6 Å². The van der Waals surface area contributed by atoms with E-state index in [4.69, 9.17) is 11.6 Å². The fourth-order valence-corrected chi connectivity index (χ4v) is 2.39. The highest BCUT2D eigenvalue weighted by Crippen LogP contribution is 2.28. The van der Waals surface area contributed by atoms with Gasteiger partial charge in [0.25, 0.3) is 0 Å². The van der Waals surface area contributed by atoms with E-state index in [2.05, 4.69) is 43.3 Å². The second-order valence-electron chi connectivity index (χ2n) is 4.62. The Morgan fingerprint density at radius 2 is 1.72 bits per heavy atom. The van der Waals surface area contributed by atoms with Crippen molar-refractivity contribution in [2.24, 2.45) is 0 Å². The first-order chi connectivity index (χ1) is 8.81. The summed E-state index contributed by atoms with van der Waals surface area (Å²) in [4.78, 5) is 0. The lowest BCUT2D eigenvalue weighted by Gasteiger charge is -2.10. The summed E-state index contributed by atoms with van der Waals surface area (Å²) in [6.45, 7) is 2.24. The van der Waals surface area contributed by atoms with Crippen LogP contribution in [0.2, 0.25) is 5.02 Å². The number of rotatable bonds is 5. The Balaban J connectivity index is 2.29. The van der Waals surface area contributed by atoms with Gasteiger partial charge in [0.2, 0.25) is 0 Å². The Bertz CT molecular complexity index is 488. The molecule has 0 unspecified atom stereocenters. The van der Waals surface area contributed by atoms with Gasteiger partial charge in [0, 0.05) is 5.02 Å². The number of aryl methyl sites for hydroxylation is 1. The highest BCUT2D eigenvalue weighted by atomic mass is 35.5. The molecular weight excluding hydrogens is 240 g/mol. The molecule has 1 heteroatoms. The molecule has 18 heavy (non-hydrogen) atoms. The first-order valence-corrected chi connectivity index (χ1v) is 7.03. The summed E-state index contributed by atoms with van der Waals surface area (Å²) < 4.78 is 0. The van der Waals surface area contributed by atoms with E-state index < -0.39 is 0 Å². The van der Waals surface area contributed by atoms with E-state index in [9.17, 15) is 0 Å². The van der Waals surface area contributed by atoms with Gasteiger partial charge in [-0.15, -0.1) is 0 Å². The zero-order chi connectivity index (χ0) is 12.8. The van der Waals surface area contributed by atoms with Gasteiger partial charge in [0.1, 0.15) is 0 Å². The lowest BCUT2D eigenvalue weighted by molar-refractivity contribution is 0.718. The average molecular weight is 259 g/mol. The Hall–Kier alpha value is -1.27. The lowest BCUT2D eigenvalue weighted by Crippen LogP contribution is -1.90. The van der Waals surface area contributed by atoms with Crippen molar-refractivity contribution in [2.45, 2.75) is 32.6 Å². The molecule has 0 aliphatic rings. The number of unbranched alkanes of at least 4 members (excludes halogenated alkanes) is 2. The minimum absolute atomic E-state index is 0.813. The number of hydrogen-bond acceptors (Lipinski definition) is 0. The molecule has 0 aliphatic heterocycles. The van der Waals surface area contributed by atoms with Crippen molar-refractivity contribution in [1.29, 1.82) is 0 Å². The van der Waals surface area contributed by atoms with E-state index in [-0.39, 0.29) is 0 Å². The van der Waals surface area contributed by atoms with Crippen molar-refractivity contribution in [2.75, 3.05) is 0 Å². The van der Waals surface area contributed by atoms with E-state index in [0.717, 1.165) is 11.4 Å². The smallest absolute Gasteiger partial charge is 0.0412 e. The molecule has 0 spiro atoms. The van der Waals surface area contributed by atoms with E-state index in [1.165, 1.54) is 36.0 Å². The normalized spacial score (nSPS) is 10.6. The molecule has 0 amide bonds. The molecule has 94 valence electrons. The van der Waals surface area contributed by atoms with Crippen molar-refractivity contribution in [3.63, 3.8) is 0 Å². The SMILES string of the molecule is CCCCCc1ccc(Cl)cc1-c1ccccc1. The Labute approximate surface area is 115 Å². The number of benzene rings is 2. The maximum absolute atomic E-state index is 6.13. The molecule has 2 rings (SSSR count). The maximum atomic E-state index is 6.13. The first kappa shape index (κ1) is 13.2. The zero-order valence-corrected chi connectivity index (χ0v) is 11.6. The molecule has 0 heterocycles. The molecule has 0 saturated heterocycles. The molecule has 0 aromatic heterocycles. The minimum Gasteiger partial charge on any atom is -0.0843 e. The summed E-state index contributed by atoms with van der Waals surface area (Å²) in [5, 5.41) is 0.813. The highest BCUT2D eigenvalue weighted by molar-refractivity contribution is 6.30. The second-order valence-corrected chi connectivity index (χ2v) is 5.06. The van der Waals surface area contributed by atoms with Crippen molar-refractivity contribution in [3.8, 4) is 11.1 Å². The van der Waals surface area contributed by atoms with Crippen LogP contribution in [0, 0.1) is 0 Å². The fraction of sp³-hybridized carbons (Fsp3) is 0.294. The summed E-state index contributed by atoms with van der Waals surface area (Å²) in [7, 11) is 0. The van der Waals surface area contributed by atoms with Gasteiger partial charge in [-0.05, 0) is 41.7 Å². The first-order valence-electron chi connectivity index (χ1n) is 6.65. The van der Waals surface area contributed by atoms with Gasteiger partial charge in [0.15, 0.2) is 0 Å². The van der Waals surface area contributed by atoms with Crippen LogP contribution in [0.25, 0.3) is 11.1 Å². The zero-order valence-electron chi connectivity index (χ0n) is 10.8. The summed E-state index contributed by atoms with van der Waals surface area (Å²) in [6.07, 6.45) is 4.93.